The molecular formula is C22H26O9. The van der Waals surface area contributed by atoms with Gasteiger partial charge in [-0.05, 0) is 29.8 Å². The summed E-state index contributed by atoms with van der Waals surface area (Å²) in [6.45, 7) is 6.47. The van der Waals surface area contributed by atoms with Crippen molar-refractivity contribution < 1.29 is 44.5 Å². The fraction of sp³-hybridized carbons (Fsp3) is 0.318. The minimum Gasteiger partial charge on any atom is -0.508 e. The standard InChI is InChI=1S/C22H26O9/c1-3-4-16(30-22-21(28)20(27)19(26)17(11-23)31-22)13(2)12-29-18(25)10-7-14-5-8-15(24)9-6-14/h3-10,17,19-24,26-28H,1-2,11-12H2/b10-7-,16-4+. The van der Waals surface area contributed by atoms with Gasteiger partial charge in [0.1, 0.15) is 42.5 Å². The normalized spacial score (nSPS) is 26.5. The number of esters is 1. The summed E-state index contributed by atoms with van der Waals surface area (Å²) in [5, 5.41) is 48.3. The summed E-state index contributed by atoms with van der Waals surface area (Å²) in [4.78, 5) is 11.9. The van der Waals surface area contributed by atoms with E-state index in [1.165, 1.54) is 36.4 Å². The van der Waals surface area contributed by atoms with Gasteiger partial charge in [-0.1, -0.05) is 31.4 Å². The minimum atomic E-state index is -1.60. The largest absolute Gasteiger partial charge is 0.508 e. The molecule has 31 heavy (non-hydrogen) atoms. The highest BCUT2D eigenvalue weighted by Crippen LogP contribution is 2.25. The van der Waals surface area contributed by atoms with Crippen LogP contribution in [0.5, 0.6) is 5.75 Å². The summed E-state index contributed by atoms with van der Waals surface area (Å²) in [5.74, 6) is -0.480. The molecule has 5 atom stereocenters. The summed E-state index contributed by atoms with van der Waals surface area (Å²) in [6, 6.07) is 6.21. The number of hydrogen-bond acceptors (Lipinski definition) is 9. The quantitative estimate of drug-likeness (QED) is 0.161. The molecule has 0 radical (unpaired) electrons. The van der Waals surface area contributed by atoms with Gasteiger partial charge in [0.15, 0.2) is 0 Å². The van der Waals surface area contributed by atoms with E-state index in [4.69, 9.17) is 14.2 Å². The number of rotatable bonds is 9. The van der Waals surface area contributed by atoms with Crippen molar-refractivity contribution in [2.45, 2.75) is 30.7 Å². The van der Waals surface area contributed by atoms with Crippen molar-refractivity contribution in [2.75, 3.05) is 13.2 Å². The molecule has 1 aliphatic heterocycles. The van der Waals surface area contributed by atoms with Crippen LogP contribution in [0.15, 0.2) is 67.0 Å². The summed E-state index contributed by atoms with van der Waals surface area (Å²) in [7, 11) is 0. The first-order valence-electron chi connectivity index (χ1n) is 9.38. The van der Waals surface area contributed by atoms with Crippen molar-refractivity contribution >= 4 is 12.0 Å². The zero-order chi connectivity index (χ0) is 23.0. The number of benzene rings is 1. The third kappa shape index (κ3) is 6.78. The molecule has 0 saturated carbocycles. The molecule has 0 bridgehead atoms. The summed E-state index contributed by atoms with van der Waals surface area (Å²) < 4.78 is 15.9. The zero-order valence-electron chi connectivity index (χ0n) is 16.7. The Bertz CT molecular complexity index is 826. The Hall–Kier alpha value is -2.95. The third-order valence-electron chi connectivity index (χ3n) is 4.40. The predicted octanol–water partition coefficient (Wildman–Crippen LogP) is 0.391. The average Bonchev–Trinajstić information content (AvgIpc) is 2.76. The Balaban J connectivity index is 1.96. The van der Waals surface area contributed by atoms with Gasteiger partial charge in [-0.2, -0.15) is 0 Å². The molecule has 1 heterocycles. The second-order valence-corrected chi connectivity index (χ2v) is 6.72. The molecule has 9 heteroatoms. The van der Waals surface area contributed by atoms with E-state index in [0.717, 1.165) is 0 Å². The van der Waals surface area contributed by atoms with Crippen LogP contribution in [0.2, 0.25) is 0 Å². The van der Waals surface area contributed by atoms with Crippen LogP contribution in [0.4, 0.5) is 0 Å². The SMILES string of the molecule is C=C/C=C(/OC1OC(CO)C(O)C(O)C1O)C(=C)COC(=O)/C=C\c1ccc(O)cc1. The first-order valence-corrected chi connectivity index (χ1v) is 9.38. The van der Waals surface area contributed by atoms with Gasteiger partial charge in [0.2, 0.25) is 6.29 Å². The zero-order valence-corrected chi connectivity index (χ0v) is 16.7. The molecule has 5 unspecified atom stereocenters. The Morgan fingerprint density at radius 1 is 1.13 bits per heavy atom. The smallest absolute Gasteiger partial charge is 0.331 e. The number of carbonyl (C=O) groups is 1. The molecule has 1 aromatic carbocycles. The van der Waals surface area contributed by atoms with E-state index in [9.17, 15) is 30.3 Å². The van der Waals surface area contributed by atoms with E-state index in [2.05, 4.69) is 13.2 Å². The average molecular weight is 434 g/mol. The molecule has 168 valence electrons. The number of aromatic hydroxyl groups is 1. The number of carbonyl (C=O) groups excluding carboxylic acids is 1. The van der Waals surface area contributed by atoms with E-state index in [1.807, 2.05) is 0 Å². The van der Waals surface area contributed by atoms with Gasteiger partial charge in [0.05, 0.1) is 6.61 Å². The van der Waals surface area contributed by atoms with Crippen LogP contribution in [0, 0.1) is 0 Å². The Kier molecular flexibility index (Phi) is 8.98. The lowest BCUT2D eigenvalue weighted by atomic mass is 9.99. The van der Waals surface area contributed by atoms with E-state index in [-0.39, 0.29) is 23.7 Å². The van der Waals surface area contributed by atoms with Gasteiger partial charge in [-0.25, -0.2) is 4.79 Å². The third-order valence-corrected chi connectivity index (χ3v) is 4.40. The van der Waals surface area contributed by atoms with Crippen LogP contribution < -0.4 is 0 Å². The molecule has 0 aromatic heterocycles. The number of phenolic OH excluding ortho intramolecular Hbond substituents is 1. The van der Waals surface area contributed by atoms with Gasteiger partial charge >= 0.3 is 5.97 Å². The fourth-order valence-electron chi connectivity index (χ4n) is 2.66. The topological polar surface area (TPSA) is 146 Å². The Labute approximate surface area is 179 Å². The van der Waals surface area contributed by atoms with E-state index in [0.29, 0.717) is 5.56 Å². The van der Waals surface area contributed by atoms with Crippen molar-refractivity contribution in [1.29, 1.82) is 0 Å². The van der Waals surface area contributed by atoms with Crippen LogP contribution in [-0.4, -0.2) is 75.4 Å². The van der Waals surface area contributed by atoms with Crippen molar-refractivity contribution in [3.8, 4) is 5.75 Å². The molecule has 5 N–H and O–H groups in total. The number of ether oxygens (including phenoxy) is 3. The van der Waals surface area contributed by atoms with Crippen LogP contribution >= 0.6 is 0 Å². The first kappa shape index (κ1) is 24.3. The van der Waals surface area contributed by atoms with Crippen LogP contribution in [0.25, 0.3) is 6.08 Å². The lowest BCUT2D eigenvalue weighted by Crippen LogP contribution is -2.59. The lowest BCUT2D eigenvalue weighted by molar-refractivity contribution is -0.290. The maximum atomic E-state index is 11.9. The highest BCUT2D eigenvalue weighted by Gasteiger charge is 2.45. The number of hydrogen-bond donors (Lipinski definition) is 5. The molecule has 1 fully saturated rings. The Morgan fingerprint density at radius 3 is 2.42 bits per heavy atom. The highest BCUT2D eigenvalue weighted by atomic mass is 16.7. The van der Waals surface area contributed by atoms with Crippen LogP contribution in [-0.2, 0) is 19.0 Å². The maximum Gasteiger partial charge on any atom is 0.331 e. The summed E-state index contributed by atoms with van der Waals surface area (Å²) in [5.41, 5.74) is 0.898. The summed E-state index contributed by atoms with van der Waals surface area (Å²) in [6.07, 6.45) is -1.79. The Morgan fingerprint density at radius 2 is 1.81 bits per heavy atom. The molecule has 1 aliphatic rings. The molecule has 0 aliphatic carbocycles. The molecule has 9 nitrogen and oxygen atoms in total. The van der Waals surface area contributed by atoms with E-state index >= 15 is 0 Å². The maximum absolute atomic E-state index is 11.9. The molecule has 1 aromatic rings. The molecule has 0 amide bonds. The molecule has 1 saturated heterocycles. The van der Waals surface area contributed by atoms with E-state index < -0.39 is 43.3 Å². The summed E-state index contributed by atoms with van der Waals surface area (Å²) >= 11 is 0. The highest BCUT2D eigenvalue weighted by molar-refractivity contribution is 5.87. The lowest BCUT2D eigenvalue weighted by Gasteiger charge is -2.40. The van der Waals surface area contributed by atoms with Gasteiger partial charge in [-0.15, -0.1) is 0 Å². The van der Waals surface area contributed by atoms with Crippen molar-refractivity contribution in [1.82, 2.24) is 0 Å². The first-order chi connectivity index (χ1) is 14.8. The number of allylic oxidation sites excluding steroid dienone is 2. The minimum absolute atomic E-state index is 0.0645. The van der Waals surface area contributed by atoms with Gasteiger partial charge in [0.25, 0.3) is 0 Å². The second-order valence-electron chi connectivity index (χ2n) is 6.72. The number of phenols is 1. The fourth-order valence-corrected chi connectivity index (χ4v) is 2.66. The molecule has 2 rings (SSSR count). The monoisotopic (exact) mass is 434 g/mol. The van der Waals surface area contributed by atoms with Crippen LogP contribution in [0.3, 0.4) is 0 Å². The van der Waals surface area contributed by atoms with Crippen molar-refractivity contribution in [2.24, 2.45) is 0 Å². The van der Waals surface area contributed by atoms with E-state index in [1.54, 1.807) is 12.1 Å². The number of aliphatic hydroxyl groups is 4. The van der Waals surface area contributed by atoms with Crippen LogP contribution in [0.1, 0.15) is 5.56 Å². The predicted molar refractivity (Wildman–Crippen MR) is 110 cm³/mol. The molecular weight excluding hydrogens is 408 g/mol. The van der Waals surface area contributed by atoms with Gasteiger partial charge in [-0.3, -0.25) is 0 Å². The second kappa shape index (κ2) is 11.4. The van der Waals surface area contributed by atoms with Crippen molar-refractivity contribution in [3.05, 3.63) is 72.5 Å². The van der Waals surface area contributed by atoms with Gasteiger partial charge < -0.3 is 39.7 Å². The van der Waals surface area contributed by atoms with Crippen molar-refractivity contribution in [3.63, 3.8) is 0 Å². The van der Waals surface area contributed by atoms with Gasteiger partial charge in [0, 0.05) is 11.6 Å². The molecule has 0 spiro atoms. The number of aliphatic hydroxyl groups excluding tert-OH is 4.